The van der Waals surface area contributed by atoms with E-state index >= 15 is 0 Å². The van der Waals surface area contributed by atoms with Crippen molar-refractivity contribution in [2.75, 3.05) is 45.9 Å². The van der Waals surface area contributed by atoms with Crippen molar-refractivity contribution in [3.8, 4) is 0 Å². The smallest absolute Gasteiger partial charge is 0.234 e. The first-order valence-electron chi connectivity index (χ1n) is 5.97. The van der Waals surface area contributed by atoms with Crippen molar-refractivity contribution in [3.63, 3.8) is 0 Å². The summed E-state index contributed by atoms with van der Waals surface area (Å²) in [5.41, 5.74) is 0. The molecule has 1 rings (SSSR count). The fourth-order valence-corrected chi connectivity index (χ4v) is 1.89. The molecule has 1 amide bonds. The highest BCUT2D eigenvalue weighted by Gasteiger charge is 2.19. The molecule has 1 heterocycles. The summed E-state index contributed by atoms with van der Waals surface area (Å²) in [4.78, 5) is 16.0. The van der Waals surface area contributed by atoms with Crippen LogP contribution in [0.2, 0.25) is 0 Å². The highest BCUT2D eigenvalue weighted by atomic mass is 16.3. The normalized spacial score (nSPS) is 19.0. The standard InChI is InChI=1S/C11H23N3O2/c1-10(2)14-6-4-13(5-7-14)9-11(16)12-3-8-15/h10,15H,3-9H2,1-2H3,(H,12,16). The topological polar surface area (TPSA) is 55.8 Å². The van der Waals surface area contributed by atoms with Crippen molar-refractivity contribution in [1.29, 1.82) is 0 Å². The number of nitrogens with zero attached hydrogens (tertiary/aromatic N) is 2. The van der Waals surface area contributed by atoms with Gasteiger partial charge in [-0.25, -0.2) is 0 Å². The second kappa shape index (κ2) is 6.83. The molecule has 0 aromatic carbocycles. The number of carbonyl (C=O) groups is 1. The number of rotatable bonds is 5. The molecule has 0 radical (unpaired) electrons. The van der Waals surface area contributed by atoms with Crippen molar-refractivity contribution in [2.45, 2.75) is 19.9 Å². The first-order chi connectivity index (χ1) is 7.63. The molecule has 0 aliphatic carbocycles. The third-order valence-electron chi connectivity index (χ3n) is 2.94. The Labute approximate surface area is 97.4 Å². The molecule has 0 aromatic heterocycles. The first-order valence-corrected chi connectivity index (χ1v) is 5.97. The lowest BCUT2D eigenvalue weighted by atomic mass is 10.2. The van der Waals surface area contributed by atoms with Gasteiger partial charge in [-0.3, -0.25) is 14.6 Å². The molecule has 5 heteroatoms. The maximum Gasteiger partial charge on any atom is 0.234 e. The molecular formula is C11H23N3O2. The van der Waals surface area contributed by atoms with Crippen LogP contribution in [-0.2, 0) is 4.79 Å². The van der Waals surface area contributed by atoms with Gasteiger partial charge >= 0.3 is 0 Å². The number of nitrogens with one attached hydrogen (secondary N) is 1. The SMILES string of the molecule is CC(C)N1CCN(CC(=O)NCCO)CC1. The zero-order valence-electron chi connectivity index (χ0n) is 10.3. The van der Waals surface area contributed by atoms with Gasteiger partial charge in [0, 0.05) is 38.8 Å². The molecule has 1 saturated heterocycles. The average Bonchev–Trinajstić information content (AvgIpc) is 2.27. The fraction of sp³-hybridized carbons (Fsp3) is 0.909. The maximum absolute atomic E-state index is 11.4. The summed E-state index contributed by atoms with van der Waals surface area (Å²) in [7, 11) is 0. The average molecular weight is 229 g/mol. The van der Waals surface area contributed by atoms with Gasteiger partial charge in [-0.15, -0.1) is 0 Å². The van der Waals surface area contributed by atoms with E-state index in [2.05, 4.69) is 29.0 Å². The van der Waals surface area contributed by atoms with Gasteiger partial charge in [0.05, 0.1) is 13.2 Å². The predicted molar refractivity (Wildman–Crippen MR) is 63.2 cm³/mol. The van der Waals surface area contributed by atoms with Crippen molar-refractivity contribution in [1.82, 2.24) is 15.1 Å². The minimum atomic E-state index is 0.00652. The summed E-state index contributed by atoms with van der Waals surface area (Å²) in [6.45, 7) is 9.17. The highest BCUT2D eigenvalue weighted by molar-refractivity contribution is 5.77. The number of carbonyl (C=O) groups excluding carboxylic acids is 1. The van der Waals surface area contributed by atoms with E-state index < -0.39 is 0 Å². The van der Waals surface area contributed by atoms with Crippen LogP contribution in [0.1, 0.15) is 13.8 Å². The van der Waals surface area contributed by atoms with Crippen LogP contribution in [0.4, 0.5) is 0 Å². The Bertz CT molecular complexity index is 213. The number of hydrogen-bond donors (Lipinski definition) is 2. The third-order valence-corrected chi connectivity index (χ3v) is 2.94. The minimum Gasteiger partial charge on any atom is -0.395 e. The Morgan fingerprint density at radius 2 is 1.94 bits per heavy atom. The largest absolute Gasteiger partial charge is 0.395 e. The highest BCUT2D eigenvalue weighted by Crippen LogP contribution is 2.04. The molecule has 0 bridgehead atoms. The van der Waals surface area contributed by atoms with Crippen LogP contribution in [0, 0.1) is 0 Å². The molecular weight excluding hydrogens is 206 g/mol. The lowest BCUT2D eigenvalue weighted by molar-refractivity contribution is -0.122. The van der Waals surface area contributed by atoms with Crippen LogP contribution in [0.25, 0.3) is 0 Å². The van der Waals surface area contributed by atoms with E-state index in [1.807, 2.05) is 0 Å². The lowest BCUT2D eigenvalue weighted by Gasteiger charge is -2.36. The van der Waals surface area contributed by atoms with Crippen molar-refractivity contribution < 1.29 is 9.90 Å². The molecule has 2 N–H and O–H groups in total. The number of aliphatic hydroxyl groups excluding tert-OH is 1. The molecule has 1 fully saturated rings. The second-order valence-corrected chi connectivity index (χ2v) is 4.48. The molecule has 5 nitrogen and oxygen atoms in total. The van der Waals surface area contributed by atoms with E-state index in [9.17, 15) is 4.79 Å². The van der Waals surface area contributed by atoms with Gasteiger partial charge in [0.15, 0.2) is 0 Å². The predicted octanol–water partition coefficient (Wildman–Crippen LogP) is -0.879. The van der Waals surface area contributed by atoms with Gasteiger partial charge in [-0.1, -0.05) is 0 Å². The van der Waals surface area contributed by atoms with E-state index in [1.54, 1.807) is 0 Å². The van der Waals surface area contributed by atoms with E-state index in [-0.39, 0.29) is 12.5 Å². The zero-order chi connectivity index (χ0) is 12.0. The van der Waals surface area contributed by atoms with Crippen LogP contribution in [0.3, 0.4) is 0 Å². The Kier molecular flexibility index (Phi) is 5.73. The Balaban J connectivity index is 2.19. The summed E-state index contributed by atoms with van der Waals surface area (Å²) < 4.78 is 0. The lowest BCUT2D eigenvalue weighted by Crippen LogP contribution is -2.51. The molecule has 0 aromatic rings. The summed E-state index contributed by atoms with van der Waals surface area (Å²) >= 11 is 0. The van der Waals surface area contributed by atoms with Crippen molar-refractivity contribution >= 4 is 5.91 Å². The third kappa shape index (κ3) is 4.47. The van der Waals surface area contributed by atoms with Crippen LogP contribution >= 0.6 is 0 Å². The van der Waals surface area contributed by atoms with E-state index in [0.717, 1.165) is 26.2 Å². The molecule has 0 spiro atoms. The van der Waals surface area contributed by atoms with Crippen LogP contribution in [-0.4, -0.2) is 72.7 Å². The summed E-state index contributed by atoms with van der Waals surface area (Å²) in [5.74, 6) is 0.00652. The van der Waals surface area contributed by atoms with Gasteiger partial charge < -0.3 is 10.4 Å². The summed E-state index contributed by atoms with van der Waals surface area (Å²) in [6.07, 6.45) is 0. The van der Waals surface area contributed by atoms with Gasteiger partial charge in [0.1, 0.15) is 0 Å². The molecule has 0 atom stereocenters. The molecule has 1 aliphatic heterocycles. The molecule has 0 unspecified atom stereocenters. The van der Waals surface area contributed by atoms with Gasteiger partial charge in [0.25, 0.3) is 0 Å². The molecule has 1 aliphatic rings. The second-order valence-electron chi connectivity index (χ2n) is 4.48. The van der Waals surface area contributed by atoms with Gasteiger partial charge in [0.2, 0.25) is 5.91 Å². The van der Waals surface area contributed by atoms with Crippen LogP contribution in [0.5, 0.6) is 0 Å². The van der Waals surface area contributed by atoms with Crippen LogP contribution in [0.15, 0.2) is 0 Å². The van der Waals surface area contributed by atoms with E-state index in [0.29, 0.717) is 19.1 Å². The Hall–Kier alpha value is -0.650. The summed E-state index contributed by atoms with van der Waals surface area (Å²) in [6, 6.07) is 0.588. The Morgan fingerprint density at radius 3 is 2.44 bits per heavy atom. The number of amides is 1. The molecule has 0 saturated carbocycles. The van der Waals surface area contributed by atoms with Crippen molar-refractivity contribution in [3.05, 3.63) is 0 Å². The van der Waals surface area contributed by atoms with Crippen molar-refractivity contribution in [2.24, 2.45) is 0 Å². The fourth-order valence-electron chi connectivity index (χ4n) is 1.89. The van der Waals surface area contributed by atoms with Gasteiger partial charge in [-0.05, 0) is 13.8 Å². The number of hydrogen-bond acceptors (Lipinski definition) is 4. The van der Waals surface area contributed by atoms with E-state index in [4.69, 9.17) is 5.11 Å². The number of aliphatic hydroxyl groups is 1. The van der Waals surface area contributed by atoms with E-state index in [1.165, 1.54) is 0 Å². The maximum atomic E-state index is 11.4. The summed E-state index contributed by atoms with van der Waals surface area (Å²) in [5, 5.41) is 11.3. The van der Waals surface area contributed by atoms with Gasteiger partial charge in [-0.2, -0.15) is 0 Å². The number of piperazine rings is 1. The quantitative estimate of drug-likeness (QED) is 0.643. The molecule has 16 heavy (non-hydrogen) atoms. The zero-order valence-corrected chi connectivity index (χ0v) is 10.3. The molecule has 94 valence electrons. The van der Waals surface area contributed by atoms with Crippen LogP contribution < -0.4 is 5.32 Å². The minimum absolute atomic E-state index is 0.00652. The Morgan fingerprint density at radius 1 is 1.31 bits per heavy atom. The monoisotopic (exact) mass is 229 g/mol. The first kappa shape index (κ1) is 13.4.